The SMILES string of the molecule is O=C(O)C[C@@H]1C[C@@H](O)CN1C(=O)OCc1ccc([N+](=O)[O-])cc1. The molecule has 1 fully saturated rings. The van der Waals surface area contributed by atoms with Crippen LogP contribution in [0.25, 0.3) is 0 Å². The van der Waals surface area contributed by atoms with Gasteiger partial charge >= 0.3 is 12.1 Å². The molecule has 1 aromatic rings. The molecule has 0 saturated carbocycles. The highest BCUT2D eigenvalue weighted by Crippen LogP contribution is 2.22. The van der Waals surface area contributed by atoms with E-state index in [9.17, 15) is 24.8 Å². The molecule has 9 heteroatoms. The third kappa shape index (κ3) is 4.39. The van der Waals surface area contributed by atoms with Crippen molar-refractivity contribution in [2.24, 2.45) is 0 Å². The largest absolute Gasteiger partial charge is 0.481 e. The lowest BCUT2D eigenvalue weighted by Crippen LogP contribution is -2.37. The molecule has 1 amide bonds. The topological polar surface area (TPSA) is 130 Å². The standard InChI is InChI=1S/C14H16N2O7/c17-12-5-11(6-13(18)19)15(7-12)14(20)23-8-9-1-3-10(4-2-9)16(21)22/h1-4,11-12,17H,5-8H2,(H,18,19)/t11-,12+/m0/s1. The Kier molecular flexibility index (Phi) is 5.12. The molecule has 0 unspecified atom stereocenters. The number of nitro groups is 1. The molecule has 0 radical (unpaired) electrons. The van der Waals surface area contributed by atoms with Gasteiger partial charge in [0.2, 0.25) is 0 Å². The molecule has 0 spiro atoms. The summed E-state index contributed by atoms with van der Waals surface area (Å²) in [6, 6.07) is 4.94. The van der Waals surface area contributed by atoms with Gasteiger partial charge < -0.3 is 19.8 Å². The summed E-state index contributed by atoms with van der Waals surface area (Å²) in [5, 5.41) is 29.0. The highest BCUT2D eigenvalue weighted by Gasteiger charge is 2.36. The number of hydrogen-bond donors (Lipinski definition) is 2. The Morgan fingerprint density at radius 1 is 1.35 bits per heavy atom. The molecule has 0 aliphatic carbocycles. The molecule has 124 valence electrons. The number of nitro benzene ring substituents is 1. The fraction of sp³-hybridized carbons (Fsp3) is 0.429. The lowest BCUT2D eigenvalue weighted by molar-refractivity contribution is -0.384. The number of hydrogen-bond acceptors (Lipinski definition) is 6. The van der Waals surface area contributed by atoms with Gasteiger partial charge in [-0.15, -0.1) is 0 Å². The lowest BCUT2D eigenvalue weighted by Gasteiger charge is -2.22. The fourth-order valence-corrected chi connectivity index (χ4v) is 2.45. The fourth-order valence-electron chi connectivity index (χ4n) is 2.45. The van der Waals surface area contributed by atoms with Crippen LogP contribution in [0.4, 0.5) is 10.5 Å². The molecule has 1 aromatic carbocycles. The number of carbonyl (C=O) groups is 2. The number of aliphatic hydroxyl groups is 1. The third-order valence-corrected chi connectivity index (χ3v) is 3.55. The Bertz CT molecular complexity index is 602. The summed E-state index contributed by atoms with van der Waals surface area (Å²) in [5.41, 5.74) is 0.503. The maximum Gasteiger partial charge on any atom is 0.410 e. The summed E-state index contributed by atoms with van der Waals surface area (Å²) in [6.07, 6.45) is -1.56. The van der Waals surface area contributed by atoms with Crippen LogP contribution in [0.1, 0.15) is 18.4 Å². The number of nitrogens with zero attached hydrogens (tertiary/aromatic N) is 2. The second-order valence-electron chi connectivity index (χ2n) is 5.27. The van der Waals surface area contributed by atoms with E-state index >= 15 is 0 Å². The molecule has 2 rings (SSSR count). The van der Waals surface area contributed by atoms with Crippen molar-refractivity contribution in [1.82, 2.24) is 4.90 Å². The molecule has 2 N–H and O–H groups in total. The van der Waals surface area contributed by atoms with Crippen molar-refractivity contribution >= 4 is 17.7 Å². The third-order valence-electron chi connectivity index (χ3n) is 3.55. The van der Waals surface area contributed by atoms with E-state index in [1.807, 2.05) is 0 Å². The number of aliphatic hydroxyl groups excluding tert-OH is 1. The zero-order chi connectivity index (χ0) is 17.0. The predicted octanol–water partition coefficient (Wildman–Crippen LogP) is 1.14. The Hall–Kier alpha value is -2.68. The van der Waals surface area contributed by atoms with E-state index in [4.69, 9.17) is 9.84 Å². The van der Waals surface area contributed by atoms with Crippen LogP contribution in [0.3, 0.4) is 0 Å². The Morgan fingerprint density at radius 3 is 2.57 bits per heavy atom. The highest BCUT2D eigenvalue weighted by atomic mass is 16.6. The minimum absolute atomic E-state index is 0.0248. The number of aliphatic carboxylic acids is 1. The van der Waals surface area contributed by atoms with Gasteiger partial charge in [-0.05, 0) is 24.1 Å². The van der Waals surface area contributed by atoms with Crippen molar-refractivity contribution in [3.8, 4) is 0 Å². The van der Waals surface area contributed by atoms with Crippen molar-refractivity contribution in [2.45, 2.75) is 31.6 Å². The monoisotopic (exact) mass is 324 g/mol. The van der Waals surface area contributed by atoms with Gasteiger partial charge in [0.1, 0.15) is 6.61 Å². The number of carboxylic acids is 1. The van der Waals surface area contributed by atoms with Crippen molar-refractivity contribution < 1.29 is 29.5 Å². The number of non-ortho nitro benzene ring substituents is 1. The Morgan fingerprint density at radius 2 is 2.00 bits per heavy atom. The second-order valence-corrected chi connectivity index (χ2v) is 5.27. The molecule has 1 aliphatic heterocycles. The van der Waals surface area contributed by atoms with Crippen LogP contribution in [0.15, 0.2) is 24.3 Å². The summed E-state index contributed by atoms with van der Waals surface area (Å²) >= 11 is 0. The average molecular weight is 324 g/mol. The molecule has 2 atom stereocenters. The number of likely N-dealkylation sites (tertiary alicyclic amines) is 1. The first-order chi connectivity index (χ1) is 10.9. The number of ether oxygens (including phenoxy) is 1. The quantitative estimate of drug-likeness (QED) is 0.613. The number of amides is 1. The summed E-state index contributed by atoms with van der Waals surface area (Å²) in [7, 11) is 0. The van der Waals surface area contributed by atoms with E-state index in [1.54, 1.807) is 0 Å². The second kappa shape index (κ2) is 7.05. The van der Waals surface area contributed by atoms with Crippen molar-refractivity contribution in [1.29, 1.82) is 0 Å². The highest BCUT2D eigenvalue weighted by molar-refractivity contribution is 5.72. The molecule has 0 bridgehead atoms. The lowest BCUT2D eigenvalue weighted by atomic mass is 10.1. The summed E-state index contributed by atoms with van der Waals surface area (Å²) < 4.78 is 5.09. The van der Waals surface area contributed by atoms with E-state index in [1.165, 1.54) is 29.2 Å². The number of β-amino-alcohol motifs (C(OH)–C–C–N with tert-alkyl or cyclic N) is 1. The van der Waals surface area contributed by atoms with E-state index in [-0.39, 0.29) is 31.7 Å². The van der Waals surface area contributed by atoms with Crippen molar-refractivity contribution in [3.05, 3.63) is 39.9 Å². The molecule has 1 saturated heterocycles. The van der Waals surface area contributed by atoms with Gasteiger partial charge in [-0.2, -0.15) is 0 Å². The normalized spacial score (nSPS) is 20.3. The number of rotatable bonds is 5. The maximum absolute atomic E-state index is 12.0. The van der Waals surface area contributed by atoms with Crippen LogP contribution in [-0.2, 0) is 16.1 Å². The van der Waals surface area contributed by atoms with Gasteiger partial charge in [-0.3, -0.25) is 14.9 Å². The van der Waals surface area contributed by atoms with E-state index < -0.39 is 29.1 Å². The van der Waals surface area contributed by atoms with Crippen molar-refractivity contribution in [2.75, 3.05) is 6.54 Å². The van der Waals surface area contributed by atoms with E-state index in [2.05, 4.69) is 0 Å². The van der Waals surface area contributed by atoms with Crippen molar-refractivity contribution in [3.63, 3.8) is 0 Å². The zero-order valence-electron chi connectivity index (χ0n) is 12.1. The van der Waals surface area contributed by atoms with Gasteiger partial charge in [-0.25, -0.2) is 4.79 Å². The smallest absolute Gasteiger partial charge is 0.410 e. The molecule has 1 heterocycles. The van der Waals surface area contributed by atoms with Gasteiger partial charge in [0.05, 0.1) is 24.0 Å². The van der Waals surface area contributed by atoms with Gasteiger partial charge in [0, 0.05) is 18.2 Å². The maximum atomic E-state index is 12.0. The predicted molar refractivity (Wildman–Crippen MR) is 76.7 cm³/mol. The van der Waals surface area contributed by atoms with Crippen LogP contribution in [0.2, 0.25) is 0 Å². The Labute approximate surface area is 131 Å². The van der Waals surface area contributed by atoms with Gasteiger partial charge in [-0.1, -0.05) is 0 Å². The molecule has 0 aromatic heterocycles. The van der Waals surface area contributed by atoms with Gasteiger partial charge in [0.25, 0.3) is 5.69 Å². The molecular weight excluding hydrogens is 308 g/mol. The average Bonchev–Trinajstić information content (AvgIpc) is 2.85. The molecule has 9 nitrogen and oxygen atoms in total. The number of carboxylic acid groups (broad SMARTS) is 1. The van der Waals surface area contributed by atoms with E-state index in [0.29, 0.717) is 5.56 Å². The van der Waals surface area contributed by atoms with E-state index in [0.717, 1.165) is 0 Å². The van der Waals surface area contributed by atoms with Crippen LogP contribution in [0.5, 0.6) is 0 Å². The number of carbonyl (C=O) groups excluding carboxylic acids is 1. The van der Waals surface area contributed by atoms with Crippen LogP contribution in [-0.4, -0.2) is 50.8 Å². The number of benzene rings is 1. The molecular formula is C14H16N2O7. The summed E-state index contributed by atoms with van der Waals surface area (Å²) in [5.74, 6) is -1.06. The Balaban J connectivity index is 1.92. The summed E-state index contributed by atoms with van der Waals surface area (Å²) in [6.45, 7) is -0.0692. The first kappa shape index (κ1) is 16.7. The van der Waals surface area contributed by atoms with Crippen LogP contribution >= 0.6 is 0 Å². The minimum atomic E-state index is -1.06. The zero-order valence-corrected chi connectivity index (χ0v) is 12.1. The van der Waals surface area contributed by atoms with Crippen LogP contribution in [0, 0.1) is 10.1 Å². The minimum Gasteiger partial charge on any atom is -0.481 e. The first-order valence-electron chi connectivity index (χ1n) is 6.93. The first-order valence-corrected chi connectivity index (χ1v) is 6.93. The van der Waals surface area contributed by atoms with Gasteiger partial charge in [0.15, 0.2) is 0 Å². The van der Waals surface area contributed by atoms with Crippen LogP contribution < -0.4 is 0 Å². The summed E-state index contributed by atoms with van der Waals surface area (Å²) in [4.78, 5) is 34.0. The molecule has 23 heavy (non-hydrogen) atoms. The molecule has 1 aliphatic rings.